The monoisotopic (exact) mass is 179 g/mol. The van der Waals surface area contributed by atoms with Crippen LogP contribution < -0.4 is 5.90 Å². The molecule has 0 aliphatic carbocycles. The first-order valence-electron chi connectivity index (χ1n) is 4.41. The molecule has 3 heteroatoms. The van der Waals surface area contributed by atoms with Gasteiger partial charge in [0.2, 0.25) is 0 Å². The Labute approximate surface area is 77.4 Å². The molecule has 2 rings (SSSR count). The summed E-state index contributed by atoms with van der Waals surface area (Å²) in [7, 11) is 0. The molecule has 1 aliphatic heterocycles. The van der Waals surface area contributed by atoms with Crippen molar-refractivity contribution >= 4 is 0 Å². The number of fused-ring (bicyclic) bond motifs is 1. The Morgan fingerprint density at radius 3 is 3.23 bits per heavy atom. The third-order valence-electron chi connectivity index (χ3n) is 2.37. The van der Waals surface area contributed by atoms with Gasteiger partial charge in [0.1, 0.15) is 0 Å². The first-order valence-corrected chi connectivity index (χ1v) is 4.41. The van der Waals surface area contributed by atoms with E-state index in [0.717, 1.165) is 18.6 Å². The van der Waals surface area contributed by atoms with Gasteiger partial charge in [0.15, 0.2) is 0 Å². The van der Waals surface area contributed by atoms with E-state index in [1.54, 1.807) is 0 Å². The summed E-state index contributed by atoms with van der Waals surface area (Å²) in [6, 6.07) is 6.21. The SMILES string of the molecule is NOCc1cccc2c1COCC2. The summed E-state index contributed by atoms with van der Waals surface area (Å²) in [6.45, 7) is 1.97. The molecule has 0 aromatic heterocycles. The largest absolute Gasteiger partial charge is 0.376 e. The Kier molecular flexibility index (Phi) is 2.59. The highest BCUT2D eigenvalue weighted by Crippen LogP contribution is 2.20. The van der Waals surface area contributed by atoms with E-state index >= 15 is 0 Å². The molecule has 1 heterocycles. The molecule has 0 unspecified atom stereocenters. The normalized spacial score (nSPS) is 15.5. The van der Waals surface area contributed by atoms with Crippen molar-refractivity contribution in [2.45, 2.75) is 19.6 Å². The third kappa shape index (κ3) is 1.72. The Bertz CT molecular complexity index is 299. The Balaban J connectivity index is 2.34. The molecular formula is C10H13NO2. The van der Waals surface area contributed by atoms with Crippen molar-refractivity contribution in [1.29, 1.82) is 0 Å². The van der Waals surface area contributed by atoms with Gasteiger partial charge in [0.05, 0.1) is 19.8 Å². The quantitative estimate of drug-likeness (QED) is 0.692. The second kappa shape index (κ2) is 3.87. The number of benzene rings is 1. The molecule has 70 valence electrons. The zero-order valence-corrected chi connectivity index (χ0v) is 7.45. The van der Waals surface area contributed by atoms with E-state index < -0.39 is 0 Å². The topological polar surface area (TPSA) is 44.5 Å². The van der Waals surface area contributed by atoms with Gasteiger partial charge in [0, 0.05) is 0 Å². The Morgan fingerprint density at radius 1 is 1.46 bits per heavy atom. The highest BCUT2D eigenvalue weighted by molar-refractivity contribution is 5.35. The second-order valence-corrected chi connectivity index (χ2v) is 3.17. The minimum atomic E-state index is 0.465. The van der Waals surface area contributed by atoms with Gasteiger partial charge < -0.3 is 4.74 Å². The lowest BCUT2D eigenvalue weighted by Gasteiger charge is -2.19. The average molecular weight is 179 g/mol. The van der Waals surface area contributed by atoms with E-state index in [1.165, 1.54) is 11.1 Å². The number of rotatable bonds is 2. The minimum absolute atomic E-state index is 0.465. The molecular weight excluding hydrogens is 166 g/mol. The minimum Gasteiger partial charge on any atom is -0.376 e. The summed E-state index contributed by atoms with van der Waals surface area (Å²) >= 11 is 0. The molecule has 1 aromatic carbocycles. The summed E-state index contributed by atoms with van der Waals surface area (Å²) in [5.74, 6) is 5.05. The summed E-state index contributed by atoms with van der Waals surface area (Å²) in [6.07, 6.45) is 0.994. The molecule has 13 heavy (non-hydrogen) atoms. The van der Waals surface area contributed by atoms with Gasteiger partial charge in [0.25, 0.3) is 0 Å². The Morgan fingerprint density at radius 2 is 2.38 bits per heavy atom. The fourth-order valence-corrected chi connectivity index (χ4v) is 1.69. The molecule has 2 N–H and O–H groups in total. The predicted molar refractivity (Wildman–Crippen MR) is 48.8 cm³/mol. The van der Waals surface area contributed by atoms with Crippen molar-refractivity contribution in [1.82, 2.24) is 0 Å². The molecule has 0 saturated carbocycles. The van der Waals surface area contributed by atoms with Crippen LogP contribution >= 0.6 is 0 Å². The van der Waals surface area contributed by atoms with Gasteiger partial charge in [-0.1, -0.05) is 18.2 Å². The van der Waals surface area contributed by atoms with Crippen molar-refractivity contribution in [2.75, 3.05) is 6.61 Å². The number of ether oxygens (including phenoxy) is 1. The number of hydrogen-bond acceptors (Lipinski definition) is 3. The Hall–Kier alpha value is -0.900. The fraction of sp³-hybridized carbons (Fsp3) is 0.400. The van der Waals surface area contributed by atoms with Crippen LogP contribution in [0, 0.1) is 0 Å². The molecule has 0 amide bonds. The summed E-state index contributed by atoms with van der Waals surface area (Å²) in [5.41, 5.74) is 3.75. The first-order chi connectivity index (χ1) is 6.42. The fourth-order valence-electron chi connectivity index (χ4n) is 1.69. The van der Waals surface area contributed by atoms with Crippen molar-refractivity contribution < 1.29 is 9.57 Å². The summed E-state index contributed by atoms with van der Waals surface area (Å²) in [5, 5.41) is 0. The van der Waals surface area contributed by atoms with Crippen LogP contribution in [0.5, 0.6) is 0 Å². The van der Waals surface area contributed by atoms with Gasteiger partial charge in [-0.05, 0) is 23.1 Å². The maximum atomic E-state index is 5.39. The number of hydrogen-bond donors (Lipinski definition) is 1. The van der Waals surface area contributed by atoms with E-state index in [9.17, 15) is 0 Å². The van der Waals surface area contributed by atoms with Gasteiger partial charge in [-0.3, -0.25) is 4.84 Å². The maximum Gasteiger partial charge on any atom is 0.0933 e. The highest BCUT2D eigenvalue weighted by atomic mass is 16.6. The van der Waals surface area contributed by atoms with E-state index in [2.05, 4.69) is 10.9 Å². The molecule has 1 aliphatic rings. The van der Waals surface area contributed by atoms with Crippen LogP contribution in [0.2, 0.25) is 0 Å². The molecule has 0 saturated heterocycles. The molecule has 0 fully saturated rings. The van der Waals surface area contributed by atoms with Crippen molar-refractivity contribution in [3.8, 4) is 0 Å². The maximum absolute atomic E-state index is 5.39. The molecule has 0 radical (unpaired) electrons. The van der Waals surface area contributed by atoms with E-state index in [0.29, 0.717) is 13.2 Å². The molecule has 0 spiro atoms. The van der Waals surface area contributed by atoms with Crippen LogP contribution in [0.1, 0.15) is 16.7 Å². The molecule has 1 aromatic rings. The van der Waals surface area contributed by atoms with E-state index in [1.807, 2.05) is 12.1 Å². The van der Waals surface area contributed by atoms with Gasteiger partial charge in [-0.25, -0.2) is 5.90 Å². The lowest BCUT2D eigenvalue weighted by atomic mass is 9.98. The van der Waals surface area contributed by atoms with Gasteiger partial charge >= 0.3 is 0 Å². The predicted octanol–water partition coefficient (Wildman–Crippen LogP) is 1.15. The summed E-state index contributed by atoms with van der Waals surface area (Å²) < 4.78 is 5.39. The van der Waals surface area contributed by atoms with Crippen LogP contribution in [0.15, 0.2) is 18.2 Å². The lowest BCUT2D eigenvalue weighted by Crippen LogP contribution is -2.13. The van der Waals surface area contributed by atoms with Gasteiger partial charge in [-0.15, -0.1) is 0 Å². The molecule has 0 atom stereocenters. The van der Waals surface area contributed by atoms with Crippen molar-refractivity contribution in [2.24, 2.45) is 5.90 Å². The molecule has 0 bridgehead atoms. The zero-order valence-electron chi connectivity index (χ0n) is 7.45. The highest BCUT2D eigenvalue weighted by Gasteiger charge is 2.12. The lowest BCUT2D eigenvalue weighted by molar-refractivity contribution is 0.1000. The first kappa shape index (κ1) is 8.69. The van der Waals surface area contributed by atoms with E-state index in [4.69, 9.17) is 10.6 Å². The van der Waals surface area contributed by atoms with Crippen LogP contribution in [0.4, 0.5) is 0 Å². The second-order valence-electron chi connectivity index (χ2n) is 3.17. The van der Waals surface area contributed by atoms with Crippen LogP contribution in [0.25, 0.3) is 0 Å². The van der Waals surface area contributed by atoms with Crippen LogP contribution in [0.3, 0.4) is 0 Å². The van der Waals surface area contributed by atoms with Gasteiger partial charge in [-0.2, -0.15) is 0 Å². The van der Waals surface area contributed by atoms with Crippen molar-refractivity contribution in [3.63, 3.8) is 0 Å². The number of nitrogens with two attached hydrogens (primary N) is 1. The average Bonchev–Trinajstić information content (AvgIpc) is 2.19. The van der Waals surface area contributed by atoms with Crippen LogP contribution in [-0.4, -0.2) is 6.61 Å². The zero-order chi connectivity index (χ0) is 9.10. The standard InChI is InChI=1S/C10H13NO2/c11-13-6-9-3-1-2-8-4-5-12-7-10(8)9/h1-3H,4-7,11H2. The smallest absolute Gasteiger partial charge is 0.0933 e. The van der Waals surface area contributed by atoms with Crippen molar-refractivity contribution in [3.05, 3.63) is 34.9 Å². The third-order valence-corrected chi connectivity index (χ3v) is 2.37. The van der Waals surface area contributed by atoms with E-state index in [-0.39, 0.29) is 0 Å². The van der Waals surface area contributed by atoms with Crippen LogP contribution in [-0.2, 0) is 29.2 Å². The summed E-state index contributed by atoms with van der Waals surface area (Å²) in [4.78, 5) is 4.64. The molecule has 3 nitrogen and oxygen atoms in total.